The quantitative estimate of drug-likeness (QED) is 0.533. The van der Waals surface area contributed by atoms with Gasteiger partial charge in [0.1, 0.15) is 6.17 Å². The molecule has 1 saturated heterocycles. The highest BCUT2D eigenvalue weighted by atomic mass is 19.1. The van der Waals surface area contributed by atoms with E-state index in [1.807, 2.05) is 13.8 Å². The lowest BCUT2D eigenvalue weighted by atomic mass is 9.46. The van der Waals surface area contributed by atoms with Crippen LogP contribution in [0.1, 0.15) is 47.0 Å². The van der Waals surface area contributed by atoms with E-state index in [2.05, 4.69) is 0 Å². The van der Waals surface area contributed by atoms with Crippen molar-refractivity contribution in [3.05, 3.63) is 23.8 Å². The van der Waals surface area contributed by atoms with Crippen molar-refractivity contribution >= 4 is 17.9 Å². The van der Waals surface area contributed by atoms with Crippen LogP contribution < -0.4 is 0 Å². The largest absolute Gasteiger partial charge is 0.393 e. The monoisotopic (exact) mass is 432 g/mol. The van der Waals surface area contributed by atoms with Crippen LogP contribution in [0.4, 0.5) is 4.39 Å². The zero-order valence-electron chi connectivity index (χ0n) is 18.3. The normalized spacial score (nSPS) is 51.9. The fourth-order valence-electron chi connectivity index (χ4n) is 7.95. The van der Waals surface area contributed by atoms with Crippen LogP contribution in [-0.4, -0.2) is 52.7 Å². The summed E-state index contributed by atoms with van der Waals surface area (Å²) in [5.41, 5.74) is -2.72. The Morgan fingerprint density at radius 3 is 2.65 bits per heavy atom. The smallest absolute Gasteiger partial charge is 0.230 e. The van der Waals surface area contributed by atoms with Crippen LogP contribution in [0.3, 0.4) is 0 Å². The highest BCUT2D eigenvalue weighted by molar-refractivity contribution is 6.29. The summed E-state index contributed by atoms with van der Waals surface area (Å²) in [6.07, 6.45) is 2.90. The summed E-state index contributed by atoms with van der Waals surface area (Å²) in [4.78, 5) is 36.7. The highest BCUT2D eigenvalue weighted by Crippen LogP contribution is 2.70. The van der Waals surface area contributed by atoms with Crippen LogP contribution in [0.2, 0.25) is 0 Å². The third kappa shape index (κ3) is 2.45. The molecule has 7 heteroatoms. The molecule has 1 aliphatic heterocycles. The lowest BCUT2D eigenvalue weighted by Crippen LogP contribution is -2.64. The van der Waals surface area contributed by atoms with Gasteiger partial charge in [-0.1, -0.05) is 19.9 Å². The summed E-state index contributed by atoms with van der Waals surface area (Å²) < 4.78 is 27.7. The van der Waals surface area contributed by atoms with Crippen LogP contribution in [0.15, 0.2) is 23.8 Å². The number of aliphatic hydroxyl groups excluding tert-OH is 1. The topological polar surface area (TPSA) is 89.9 Å². The van der Waals surface area contributed by atoms with Crippen LogP contribution in [0.25, 0.3) is 0 Å². The number of ether oxygens (including phenoxy) is 2. The number of Topliss-reactive ketones (excluding diaryl/α,β-unsaturated/α-hetero) is 1. The lowest BCUT2D eigenvalue weighted by molar-refractivity contribution is -0.224. The Morgan fingerprint density at radius 1 is 1.26 bits per heavy atom. The SMILES string of the molecule is CC1(C)O[C@@H]2CC3C4C[C@H](F)C5=CC(=O)C=C[C@]5(C)C4[C@@H](O)C[C@]3(C)[C@]2(C(=O)C=O)O1. The molecular formula is C24H29FO6. The number of aliphatic hydroxyl groups is 1. The first-order chi connectivity index (χ1) is 14.4. The number of allylic oxidation sites excluding steroid dienone is 4. The summed E-state index contributed by atoms with van der Waals surface area (Å²) in [5.74, 6) is -2.68. The predicted molar refractivity (Wildman–Crippen MR) is 108 cm³/mol. The minimum atomic E-state index is -1.49. The molecule has 5 aliphatic rings. The van der Waals surface area contributed by atoms with E-state index in [0.717, 1.165) is 0 Å². The first-order valence-corrected chi connectivity index (χ1v) is 11.0. The molecule has 1 N–H and O–H groups in total. The molecule has 0 spiro atoms. The Balaban J connectivity index is 1.62. The molecule has 9 atom stereocenters. The zero-order valence-corrected chi connectivity index (χ0v) is 18.3. The number of hydrogen-bond donors (Lipinski definition) is 1. The number of carbonyl (C=O) groups is 3. The van der Waals surface area contributed by atoms with Gasteiger partial charge < -0.3 is 14.6 Å². The van der Waals surface area contributed by atoms with Gasteiger partial charge in [0.2, 0.25) is 5.78 Å². The number of aldehydes is 1. The van der Waals surface area contributed by atoms with Crippen molar-refractivity contribution in [3.63, 3.8) is 0 Å². The van der Waals surface area contributed by atoms with E-state index in [9.17, 15) is 19.5 Å². The maximum absolute atomic E-state index is 15.4. The van der Waals surface area contributed by atoms with Crippen molar-refractivity contribution < 1.29 is 33.4 Å². The molecule has 0 amide bonds. The number of ketones is 2. The first-order valence-electron chi connectivity index (χ1n) is 11.0. The van der Waals surface area contributed by atoms with Crippen LogP contribution in [0, 0.1) is 28.6 Å². The summed E-state index contributed by atoms with van der Waals surface area (Å²) in [7, 11) is 0. The van der Waals surface area contributed by atoms with Gasteiger partial charge in [-0.25, -0.2) is 4.39 Å². The maximum Gasteiger partial charge on any atom is 0.230 e. The first kappa shape index (κ1) is 21.2. The van der Waals surface area contributed by atoms with E-state index in [-0.39, 0.29) is 36.4 Å². The molecule has 3 saturated carbocycles. The third-order valence-corrected chi connectivity index (χ3v) is 8.94. The summed E-state index contributed by atoms with van der Waals surface area (Å²) >= 11 is 0. The van der Waals surface area contributed by atoms with Gasteiger partial charge >= 0.3 is 0 Å². The van der Waals surface area contributed by atoms with Gasteiger partial charge in [0.25, 0.3) is 0 Å². The average molecular weight is 432 g/mol. The van der Waals surface area contributed by atoms with Gasteiger partial charge in [-0.2, -0.15) is 0 Å². The molecule has 31 heavy (non-hydrogen) atoms. The van der Waals surface area contributed by atoms with E-state index >= 15 is 4.39 Å². The number of rotatable bonds is 2. The maximum atomic E-state index is 15.4. The van der Waals surface area contributed by atoms with Crippen molar-refractivity contribution in [2.45, 2.75) is 76.7 Å². The molecule has 4 aliphatic carbocycles. The van der Waals surface area contributed by atoms with Crippen LogP contribution in [-0.2, 0) is 23.9 Å². The van der Waals surface area contributed by atoms with Crippen molar-refractivity contribution in [3.8, 4) is 0 Å². The molecule has 1 heterocycles. The van der Waals surface area contributed by atoms with Gasteiger partial charge in [-0.05, 0) is 62.7 Å². The van der Waals surface area contributed by atoms with Gasteiger partial charge in [0, 0.05) is 16.7 Å². The van der Waals surface area contributed by atoms with Crippen molar-refractivity contribution in [1.82, 2.24) is 0 Å². The van der Waals surface area contributed by atoms with Gasteiger partial charge in [0.05, 0.1) is 12.2 Å². The van der Waals surface area contributed by atoms with Crippen LogP contribution in [0.5, 0.6) is 0 Å². The number of hydrogen-bond acceptors (Lipinski definition) is 6. The zero-order chi connectivity index (χ0) is 22.6. The second kappa shape index (κ2) is 6.21. The van der Waals surface area contributed by atoms with E-state index in [0.29, 0.717) is 18.3 Å². The molecule has 0 aromatic rings. The summed E-state index contributed by atoms with van der Waals surface area (Å²) in [6, 6.07) is 0. The van der Waals surface area contributed by atoms with Gasteiger partial charge in [-0.15, -0.1) is 0 Å². The number of fused-ring (bicyclic) bond motifs is 7. The highest BCUT2D eigenvalue weighted by Gasteiger charge is 2.77. The Hall–Kier alpha value is -1.70. The Morgan fingerprint density at radius 2 is 1.97 bits per heavy atom. The van der Waals surface area contributed by atoms with E-state index < -0.39 is 46.4 Å². The second-order valence-electron chi connectivity index (χ2n) is 10.9. The van der Waals surface area contributed by atoms with E-state index in [1.54, 1.807) is 19.9 Å². The average Bonchev–Trinajstić information content (AvgIpc) is 3.08. The second-order valence-corrected chi connectivity index (χ2v) is 10.9. The molecule has 0 aromatic heterocycles. The molecule has 168 valence electrons. The molecule has 6 nitrogen and oxygen atoms in total. The Kier molecular flexibility index (Phi) is 4.24. The standard InChI is InChI=1S/C24H29FO6/c1-21(2)30-19-9-14-13-8-16(25)15-7-12(27)5-6-22(15,3)20(13)17(28)10-23(14,4)24(19,31-21)18(29)11-26/h5-7,11,13-14,16-17,19-20,28H,8-10H2,1-4H3/t13?,14?,16-,17-,19+,20?,22-,23-,24+/m0/s1. The summed E-state index contributed by atoms with van der Waals surface area (Å²) in [5, 5.41) is 11.4. The minimum Gasteiger partial charge on any atom is -0.393 e. The van der Waals surface area contributed by atoms with E-state index in [4.69, 9.17) is 9.47 Å². The van der Waals surface area contributed by atoms with Gasteiger partial charge in [-0.3, -0.25) is 14.4 Å². The molecule has 3 unspecified atom stereocenters. The predicted octanol–water partition coefficient (Wildman–Crippen LogP) is 2.48. The third-order valence-electron chi connectivity index (χ3n) is 8.94. The van der Waals surface area contributed by atoms with Crippen molar-refractivity contribution in [2.24, 2.45) is 28.6 Å². The number of halogens is 1. The number of carbonyl (C=O) groups excluding carboxylic acids is 3. The molecule has 0 aromatic carbocycles. The van der Waals surface area contributed by atoms with Crippen molar-refractivity contribution in [1.29, 1.82) is 0 Å². The van der Waals surface area contributed by atoms with Crippen molar-refractivity contribution in [2.75, 3.05) is 0 Å². The lowest BCUT2D eigenvalue weighted by Gasteiger charge is -2.60. The fourth-order valence-corrected chi connectivity index (χ4v) is 7.95. The molecule has 0 radical (unpaired) electrons. The molecular weight excluding hydrogens is 403 g/mol. The fraction of sp³-hybridized carbons (Fsp3) is 0.708. The minimum absolute atomic E-state index is 0.159. The Bertz CT molecular complexity index is 938. The summed E-state index contributed by atoms with van der Waals surface area (Å²) in [6.45, 7) is 7.19. The van der Waals surface area contributed by atoms with E-state index in [1.165, 1.54) is 12.2 Å². The van der Waals surface area contributed by atoms with Crippen LogP contribution >= 0.6 is 0 Å². The number of alkyl halides is 1. The molecule has 0 bridgehead atoms. The molecule has 5 rings (SSSR count). The van der Waals surface area contributed by atoms with Gasteiger partial charge in [0.15, 0.2) is 23.5 Å². The molecule has 4 fully saturated rings. The Labute approximate surface area is 180 Å².